The maximum atomic E-state index is 12.9. The summed E-state index contributed by atoms with van der Waals surface area (Å²) in [6.07, 6.45) is 2.75. The van der Waals surface area contributed by atoms with Gasteiger partial charge in [-0.1, -0.05) is 17.3 Å². The van der Waals surface area contributed by atoms with Gasteiger partial charge in [0.1, 0.15) is 17.3 Å². The van der Waals surface area contributed by atoms with Crippen LogP contribution in [0.2, 0.25) is 0 Å². The summed E-state index contributed by atoms with van der Waals surface area (Å²) >= 11 is 0. The van der Waals surface area contributed by atoms with Gasteiger partial charge in [0.25, 0.3) is 0 Å². The Bertz CT molecular complexity index is 1300. The van der Waals surface area contributed by atoms with Gasteiger partial charge in [0.2, 0.25) is 0 Å². The monoisotopic (exact) mass is 417 g/mol. The molecule has 1 fully saturated rings. The number of benzene rings is 2. The molecule has 2 aromatic heterocycles. The molecule has 0 amide bonds. The number of hydrogen-bond acceptors (Lipinski definition) is 6. The molecule has 4 aromatic rings. The van der Waals surface area contributed by atoms with Crippen LogP contribution in [0.4, 0.5) is 5.82 Å². The Morgan fingerprint density at radius 1 is 1.13 bits per heavy atom. The lowest BCUT2D eigenvalue weighted by Gasteiger charge is -2.22. The molecule has 0 aliphatic carbocycles. The quantitative estimate of drug-likeness (QED) is 0.532. The lowest BCUT2D eigenvalue weighted by molar-refractivity contribution is 0.152. The molecule has 2 aromatic carbocycles. The van der Waals surface area contributed by atoms with Gasteiger partial charge < -0.3 is 19.7 Å². The molecule has 3 heterocycles. The highest BCUT2D eigenvalue weighted by Crippen LogP contribution is 2.27. The van der Waals surface area contributed by atoms with Crippen molar-refractivity contribution < 1.29 is 9.84 Å². The van der Waals surface area contributed by atoms with Crippen molar-refractivity contribution in [2.24, 2.45) is 0 Å². The minimum Gasteiger partial charge on any atom is -0.508 e. The fourth-order valence-corrected chi connectivity index (χ4v) is 4.03. The third-order valence-electron chi connectivity index (χ3n) is 5.61. The third-order valence-corrected chi connectivity index (χ3v) is 5.61. The maximum Gasteiger partial charge on any atom is 0.191 e. The molecule has 1 aliphatic heterocycles. The van der Waals surface area contributed by atoms with E-state index in [-0.39, 0.29) is 11.2 Å². The Morgan fingerprint density at radius 3 is 2.90 bits per heavy atom. The van der Waals surface area contributed by atoms with Crippen LogP contribution in [0.5, 0.6) is 5.75 Å². The second-order valence-electron chi connectivity index (χ2n) is 7.72. The minimum absolute atomic E-state index is 0.0301. The van der Waals surface area contributed by atoms with Crippen LogP contribution in [0.25, 0.3) is 27.8 Å². The number of nitrogens with one attached hydrogen (secondary N) is 1. The molecule has 0 saturated carbocycles. The van der Waals surface area contributed by atoms with E-state index in [0.29, 0.717) is 17.7 Å². The van der Waals surface area contributed by atoms with E-state index in [9.17, 15) is 9.90 Å². The second-order valence-corrected chi connectivity index (χ2v) is 7.72. The second kappa shape index (κ2) is 7.88. The van der Waals surface area contributed by atoms with Crippen LogP contribution >= 0.6 is 0 Å². The first-order valence-corrected chi connectivity index (χ1v) is 10.3. The van der Waals surface area contributed by atoms with Crippen molar-refractivity contribution >= 4 is 16.7 Å². The number of fused-ring (bicyclic) bond motifs is 1. The van der Waals surface area contributed by atoms with E-state index in [0.717, 1.165) is 54.3 Å². The number of nitrogens with zero attached hydrogens (tertiary/aromatic N) is 4. The number of phenolic OH excluding ortho intramolecular Hbond substituents is 1. The summed E-state index contributed by atoms with van der Waals surface area (Å²) in [5, 5.41) is 18.9. The molecular weight excluding hydrogens is 394 g/mol. The van der Waals surface area contributed by atoms with Crippen molar-refractivity contribution in [3.05, 3.63) is 64.4 Å². The predicted molar refractivity (Wildman–Crippen MR) is 119 cm³/mol. The van der Waals surface area contributed by atoms with Gasteiger partial charge in [-0.3, -0.25) is 4.79 Å². The number of pyridine rings is 1. The van der Waals surface area contributed by atoms with Crippen LogP contribution in [0, 0.1) is 6.92 Å². The Balaban J connectivity index is 1.60. The molecule has 5 rings (SSSR count). The molecule has 158 valence electrons. The first kappa shape index (κ1) is 19.3. The fraction of sp³-hybridized carbons (Fsp3) is 0.261. The van der Waals surface area contributed by atoms with Crippen LogP contribution in [0.3, 0.4) is 0 Å². The Morgan fingerprint density at radius 2 is 2.03 bits per heavy atom. The number of rotatable bonds is 3. The van der Waals surface area contributed by atoms with Gasteiger partial charge in [-0.25, -0.2) is 4.68 Å². The first-order chi connectivity index (χ1) is 15.1. The predicted octanol–water partition coefficient (Wildman–Crippen LogP) is 3.02. The van der Waals surface area contributed by atoms with Gasteiger partial charge in [0.05, 0.1) is 24.0 Å². The van der Waals surface area contributed by atoms with Gasteiger partial charge in [-0.05, 0) is 43.2 Å². The van der Waals surface area contributed by atoms with Crippen molar-refractivity contribution in [3.8, 4) is 22.7 Å². The summed E-state index contributed by atoms with van der Waals surface area (Å²) in [5.41, 5.74) is 3.89. The van der Waals surface area contributed by atoms with E-state index in [1.807, 2.05) is 31.3 Å². The average molecular weight is 417 g/mol. The Labute approximate surface area is 178 Å². The van der Waals surface area contributed by atoms with E-state index in [4.69, 9.17) is 4.74 Å². The van der Waals surface area contributed by atoms with E-state index >= 15 is 0 Å². The summed E-state index contributed by atoms with van der Waals surface area (Å²) in [7, 11) is 0. The summed E-state index contributed by atoms with van der Waals surface area (Å²) in [6.45, 7) is 4.85. The lowest BCUT2D eigenvalue weighted by atomic mass is 10.1. The zero-order valence-electron chi connectivity index (χ0n) is 17.2. The van der Waals surface area contributed by atoms with Gasteiger partial charge >= 0.3 is 0 Å². The number of phenols is 1. The van der Waals surface area contributed by atoms with Crippen LogP contribution in [0.15, 0.2) is 53.5 Å². The number of aryl methyl sites for hydroxylation is 1. The number of ether oxygens (including phenoxy) is 1. The minimum atomic E-state index is -0.0301. The topological polar surface area (TPSA) is 96.3 Å². The standard InChI is InChI=1S/C23H23N5O3/c1-15-12-16(29)6-7-20(15)28-14-19(25-26-28)17-4-2-5-18-21(30)13-22(24-23(17)18)27-8-3-10-31-11-9-27/h2,4-7,12-14,29H,3,8-11H2,1H3,(H,24,30). The molecule has 0 atom stereocenters. The molecule has 0 unspecified atom stereocenters. The zero-order valence-corrected chi connectivity index (χ0v) is 17.2. The zero-order chi connectivity index (χ0) is 21.4. The molecule has 31 heavy (non-hydrogen) atoms. The van der Waals surface area contributed by atoms with Crippen molar-refractivity contribution in [1.29, 1.82) is 0 Å². The number of aromatic hydroxyl groups is 1. The Kier molecular flexibility index (Phi) is 4.91. The number of hydrogen-bond donors (Lipinski definition) is 2. The van der Waals surface area contributed by atoms with Gasteiger partial charge in [-0.2, -0.15) is 0 Å². The highest BCUT2D eigenvalue weighted by Gasteiger charge is 2.16. The van der Waals surface area contributed by atoms with Gasteiger partial charge in [0, 0.05) is 36.7 Å². The molecule has 1 saturated heterocycles. The van der Waals surface area contributed by atoms with E-state index < -0.39 is 0 Å². The third kappa shape index (κ3) is 3.66. The van der Waals surface area contributed by atoms with Crippen LogP contribution in [0.1, 0.15) is 12.0 Å². The highest BCUT2D eigenvalue weighted by molar-refractivity contribution is 5.93. The number of aromatic amines is 1. The molecule has 2 N–H and O–H groups in total. The first-order valence-electron chi connectivity index (χ1n) is 10.3. The molecule has 0 bridgehead atoms. The Hall–Kier alpha value is -3.65. The molecule has 1 aliphatic rings. The van der Waals surface area contributed by atoms with E-state index in [1.165, 1.54) is 0 Å². The molecule has 0 spiro atoms. The summed E-state index contributed by atoms with van der Waals surface area (Å²) in [5.74, 6) is 0.997. The average Bonchev–Trinajstić information content (AvgIpc) is 3.07. The highest BCUT2D eigenvalue weighted by atomic mass is 16.5. The molecular formula is C23H23N5O3. The van der Waals surface area contributed by atoms with Gasteiger partial charge in [-0.15, -0.1) is 5.10 Å². The SMILES string of the molecule is Cc1cc(O)ccc1-n1cc(-c2cccc3c(=O)cc(N4CCCOCC4)[nH]c23)nn1. The summed E-state index contributed by atoms with van der Waals surface area (Å²) < 4.78 is 7.23. The lowest BCUT2D eigenvalue weighted by Crippen LogP contribution is -2.28. The molecule has 8 nitrogen and oxygen atoms in total. The molecule has 0 radical (unpaired) electrons. The number of H-pyrrole nitrogens is 1. The molecule has 8 heteroatoms. The van der Waals surface area contributed by atoms with E-state index in [2.05, 4.69) is 20.2 Å². The smallest absolute Gasteiger partial charge is 0.191 e. The van der Waals surface area contributed by atoms with Crippen molar-refractivity contribution in [3.63, 3.8) is 0 Å². The summed E-state index contributed by atoms with van der Waals surface area (Å²) in [6, 6.07) is 12.4. The van der Waals surface area contributed by atoms with Crippen LogP contribution in [-0.4, -0.2) is 51.4 Å². The maximum absolute atomic E-state index is 12.9. The largest absolute Gasteiger partial charge is 0.508 e. The normalized spacial score (nSPS) is 14.7. The van der Waals surface area contributed by atoms with Crippen LogP contribution in [-0.2, 0) is 4.74 Å². The fourth-order valence-electron chi connectivity index (χ4n) is 4.03. The van der Waals surface area contributed by atoms with E-state index in [1.54, 1.807) is 28.9 Å². The number of para-hydroxylation sites is 1. The van der Waals surface area contributed by atoms with Crippen molar-refractivity contribution in [2.45, 2.75) is 13.3 Å². The number of anilines is 1. The summed E-state index contributed by atoms with van der Waals surface area (Å²) in [4.78, 5) is 18.5. The van der Waals surface area contributed by atoms with Crippen LogP contribution < -0.4 is 10.3 Å². The van der Waals surface area contributed by atoms with Crippen molar-refractivity contribution in [1.82, 2.24) is 20.0 Å². The van der Waals surface area contributed by atoms with Gasteiger partial charge in [0.15, 0.2) is 5.43 Å². The van der Waals surface area contributed by atoms with Crippen molar-refractivity contribution in [2.75, 3.05) is 31.2 Å². The number of aromatic nitrogens is 4.